The predicted octanol–water partition coefficient (Wildman–Crippen LogP) is 19.3. The van der Waals surface area contributed by atoms with Gasteiger partial charge in [0.1, 0.15) is 13.2 Å². The molecule has 0 bridgehead atoms. The summed E-state index contributed by atoms with van der Waals surface area (Å²) in [5, 5.41) is 0. The first-order chi connectivity index (χ1) is 34.5. The Morgan fingerprint density at radius 2 is 0.557 bits per heavy atom. The summed E-state index contributed by atoms with van der Waals surface area (Å²) in [4.78, 5) is 37.9. The summed E-state index contributed by atoms with van der Waals surface area (Å²) in [6.07, 6.45) is 79.3. The van der Waals surface area contributed by atoms with Gasteiger partial charge in [-0.2, -0.15) is 0 Å². The Balaban J connectivity index is 4.25. The number of allylic oxidation sites excluding steroid dienone is 20. The summed E-state index contributed by atoms with van der Waals surface area (Å²) in [5.74, 6) is -0.939. The molecule has 6 nitrogen and oxygen atoms in total. The van der Waals surface area contributed by atoms with E-state index in [1.807, 2.05) is 0 Å². The van der Waals surface area contributed by atoms with E-state index in [0.717, 1.165) is 148 Å². The number of rotatable bonds is 50. The Labute approximate surface area is 431 Å². The molecule has 0 aliphatic rings. The van der Waals surface area contributed by atoms with Crippen LogP contribution in [0.25, 0.3) is 0 Å². The summed E-state index contributed by atoms with van der Waals surface area (Å²) in [7, 11) is 0. The second-order valence-corrected chi connectivity index (χ2v) is 18.5. The number of hydrogen-bond acceptors (Lipinski definition) is 6. The van der Waals surface area contributed by atoms with E-state index in [4.69, 9.17) is 14.2 Å². The fourth-order valence-electron chi connectivity index (χ4n) is 7.43. The van der Waals surface area contributed by atoms with Crippen molar-refractivity contribution in [2.24, 2.45) is 0 Å². The van der Waals surface area contributed by atoms with Crippen LogP contribution >= 0.6 is 0 Å². The van der Waals surface area contributed by atoms with Gasteiger partial charge in [-0.05, 0) is 116 Å². The molecule has 0 aromatic rings. The van der Waals surface area contributed by atoms with E-state index in [-0.39, 0.29) is 31.1 Å². The molecule has 0 amide bonds. The second kappa shape index (κ2) is 57.4. The fraction of sp³-hybridized carbons (Fsp3) is 0.641. The average Bonchev–Trinajstić information content (AvgIpc) is 3.36. The SMILES string of the molecule is CC/C=C\C/C=C\C/C=C\C/C=C\C/C=C\C/C=C\C/C=C\CCCCCCCC(=O)OCC(COC(=O)CCCCCCCC)OC(=O)CCCCCCCC/C=C\C/C=C\C/C=C\CCCCC. The average molecular weight is 970 g/mol. The van der Waals surface area contributed by atoms with Crippen LogP contribution in [0.4, 0.5) is 0 Å². The Hall–Kier alpha value is -4.19. The molecule has 0 rings (SSSR count). The zero-order valence-electron chi connectivity index (χ0n) is 45.2. The van der Waals surface area contributed by atoms with Gasteiger partial charge < -0.3 is 14.2 Å². The first-order valence-electron chi connectivity index (χ1n) is 28.5. The minimum atomic E-state index is -0.793. The molecule has 0 N–H and O–H groups in total. The third-order valence-corrected chi connectivity index (χ3v) is 11.7. The van der Waals surface area contributed by atoms with Crippen molar-refractivity contribution >= 4 is 17.9 Å². The molecule has 0 radical (unpaired) electrons. The van der Waals surface area contributed by atoms with Gasteiger partial charge in [0.15, 0.2) is 6.10 Å². The summed E-state index contributed by atoms with van der Waals surface area (Å²) in [6, 6.07) is 0. The van der Waals surface area contributed by atoms with Gasteiger partial charge in [-0.15, -0.1) is 0 Å². The van der Waals surface area contributed by atoms with Gasteiger partial charge in [0.05, 0.1) is 0 Å². The summed E-state index contributed by atoms with van der Waals surface area (Å²) in [5.41, 5.74) is 0. The Bertz CT molecular complexity index is 1490. The van der Waals surface area contributed by atoms with Crippen molar-refractivity contribution in [2.45, 2.75) is 252 Å². The largest absolute Gasteiger partial charge is 0.462 e. The molecule has 0 aromatic heterocycles. The van der Waals surface area contributed by atoms with Crippen molar-refractivity contribution in [3.63, 3.8) is 0 Å². The van der Waals surface area contributed by atoms with Crippen molar-refractivity contribution in [2.75, 3.05) is 13.2 Å². The molecule has 6 heteroatoms. The zero-order chi connectivity index (χ0) is 50.7. The topological polar surface area (TPSA) is 78.9 Å². The van der Waals surface area contributed by atoms with Crippen LogP contribution in [-0.4, -0.2) is 37.2 Å². The fourth-order valence-corrected chi connectivity index (χ4v) is 7.43. The lowest BCUT2D eigenvalue weighted by atomic mass is 10.1. The minimum absolute atomic E-state index is 0.0925. The zero-order valence-corrected chi connectivity index (χ0v) is 45.2. The molecule has 70 heavy (non-hydrogen) atoms. The van der Waals surface area contributed by atoms with Gasteiger partial charge in [-0.25, -0.2) is 0 Å². The number of ether oxygens (including phenoxy) is 3. The standard InChI is InChI=1S/C64H104O6/c1-4-7-10-13-16-18-20-22-24-26-28-29-30-31-32-33-34-35-37-38-40-42-44-46-48-51-54-57-63(66)69-60-61(59-68-62(65)56-53-50-15-12-9-6-3)70-64(67)58-55-52-49-47-45-43-41-39-36-27-25-23-21-19-17-14-11-8-5-2/h7,10,16-19,22-25,28-29,31-32,34-36,38-40,61H,4-6,8-9,11-15,20-21,26-27,30,33,37,41-60H2,1-3H3/b10-7-,18-16-,19-17-,24-22-,25-23-,29-28-,32-31-,35-34-,39-36-,40-38-. The highest BCUT2D eigenvalue weighted by Gasteiger charge is 2.19. The highest BCUT2D eigenvalue weighted by molar-refractivity contribution is 5.71. The maximum atomic E-state index is 12.8. The lowest BCUT2D eigenvalue weighted by Crippen LogP contribution is -2.30. The maximum Gasteiger partial charge on any atom is 0.306 e. The van der Waals surface area contributed by atoms with Crippen molar-refractivity contribution in [3.8, 4) is 0 Å². The van der Waals surface area contributed by atoms with E-state index in [0.29, 0.717) is 19.3 Å². The van der Waals surface area contributed by atoms with Crippen LogP contribution < -0.4 is 0 Å². The van der Waals surface area contributed by atoms with Gasteiger partial charge in [-0.3, -0.25) is 14.4 Å². The van der Waals surface area contributed by atoms with Crippen molar-refractivity contribution in [3.05, 3.63) is 122 Å². The summed E-state index contributed by atoms with van der Waals surface area (Å²) >= 11 is 0. The van der Waals surface area contributed by atoms with Crippen molar-refractivity contribution in [1.29, 1.82) is 0 Å². The number of carbonyl (C=O) groups excluding carboxylic acids is 3. The van der Waals surface area contributed by atoms with E-state index in [1.165, 1.54) is 57.8 Å². The van der Waals surface area contributed by atoms with E-state index >= 15 is 0 Å². The molecule has 0 aliphatic heterocycles. The van der Waals surface area contributed by atoms with Crippen molar-refractivity contribution < 1.29 is 28.6 Å². The molecule has 0 fully saturated rings. The molecule has 0 heterocycles. The summed E-state index contributed by atoms with van der Waals surface area (Å²) in [6.45, 7) is 6.40. The van der Waals surface area contributed by atoms with E-state index in [1.54, 1.807) is 0 Å². The number of carbonyl (C=O) groups is 3. The first kappa shape index (κ1) is 65.8. The Kier molecular flexibility index (Phi) is 54.0. The van der Waals surface area contributed by atoms with Gasteiger partial charge in [0.25, 0.3) is 0 Å². The third-order valence-electron chi connectivity index (χ3n) is 11.7. The number of hydrogen-bond donors (Lipinski definition) is 0. The van der Waals surface area contributed by atoms with Crippen LogP contribution in [0.1, 0.15) is 245 Å². The highest BCUT2D eigenvalue weighted by atomic mass is 16.6. The van der Waals surface area contributed by atoms with Crippen LogP contribution in [0.3, 0.4) is 0 Å². The predicted molar refractivity (Wildman–Crippen MR) is 302 cm³/mol. The Morgan fingerprint density at radius 3 is 0.900 bits per heavy atom. The van der Waals surface area contributed by atoms with E-state index in [9.17, 15) is 14.4 Å². The molecule has 0 aromatic carbocycles. The van der Waals surface area contributed by atoms with Crippen LogP contribution in [0, 0.1) is 0 Å². The highest BCUT2D eigenvalue weighted by Crippen LogP contribution is 2.13. The monoisotopic (exact) mass is 969 g/mol. The molecule has 0 spiro atoms. The van der Waals surface area contributed by atoms with Gasteiger partial charge in [0, 0.05) is 19.3 Å². The van der Waals surface area contributed by atoms with Crippen LogP contribution in [0.5, 0.6) is 0 Å². The maximum absolute atomic E-state index is 12.8. The molecule has 396 valence electrons. The normalized spacial score (nSPS) is 13.0. The lowest BCUT2D eigenvalue weighted by Gasteiger charge is -2.18. The van der Waals surface area contributed by atoms with Crippen LogP contribution in [0.2, 0.25) is 0 Å². The molecule has 0 saturated heterocycles. The third kappa shape index (κ3) is 54.7. The van der Waals surface area contributed by atoms with Crippen LogP contribution in [0.15, 0.2) is 122 Å². The van der Waals surface area contributed by atoms with E-state index < -0.39 is 6.10 Å². The van der Waals surface area contributed by atoms with E-state index in [2.05, 4.69) is 142 Å². The van der Waals surface area contributed by atoms with Crippen LogP contribution in [-0.2, 0) is 28.6 Å². The second-order valence-electron chi connectivity index (χ2n) is 18.5. The smallest absolute Gasteiger partial charge is 0.306 e. The summed E-state index contributed by atoms with van der Waals surface area (Å²) < 4.78 is 16.7. The van der Waals surface area contributed by atoms with Crippen molar-refractivity contribution in [1.82, 2.24) is 0 Å². The first-order valence-corrected chi connectivity index (χ1v) is 28.5. The minimum Gasteiger partial charge on any atom is -0.462 e. The molecular formula is C64H104O6. The van der Waals surface area contributed by atoms with Gasteiger partial charge in [-0.1, -0.05) is 232 Å². The van der Waals surface area contributed by atoms with Gasteiger partial charge >= 0.3 is 17.9 Å². The molecule has 0 aliphatic carbocycles. The molecular weight excluding hydrogens is 865 g/mol. The van der Waals surface area contributed by atoms with Gasteiger partial charge in [0.2, 0.25) is 0 Å². The molecule has 1 unspecified atom stereocenters. The molecule has 0 saturated carbocycles. The quantitative estimate of drug-likeness (QED) is 0.0262. The Morgan fingerprint density at radius 1 is 0.300 bits per heavy atom. The number of esters is 3. The molecule has 1 atom stereocenters. The number of unbranched alkanes of at least 4 members (excludes halogenated alkanes) is 19. The lowest BCUT2D eigenvalue weighted by molar-refractivity contribution is -0.167.